The lowest BCUT2D eigenvalue weighted by Crippen LogP contribution is -2.18. The fourth-order valence-corrected chi connectivity index (χ4v) is 2.62. The maximum atomic E-state index is 4.55. The Labute approximate surface area is 119 Å². The number of hydrogen-bond donors (Lipinski definition) is 1. The number of nitrogens with zero attached hydrogens (tertiary/aromatic N) is 1. The largest absolute Gasteiger partial charge is 0.309 e. The van der Waals surface area contributed by atoms with Gasteiger partial charge < -0.3 is 5.32 Å². The minimum atomic E-state index is 0.161. The van der Waals surface area contributed by atoms with Crippen molar-refractivity contribution in [3.05, 3.63) is 77.5 Å². The zero-order valence-corrected chi connectivity index (χ0v) is 11.8. The van der Waals surface area contributed by atoms with Crippen molar-refractivity contribution in [3.8, 4) is 0 Å². The van der Waals surface area contributed by atoms with Crippen molar-refractivity contribution in [2.45, 2.75) is 13.0 Å². The van der Waals surface area contributed by atoms with Gasteiger partial charge in [0.15, 0.2) is 0 Å². The quantitative estimate of drug-likeness (QED) is 0.775. The standard InChI is InChI=1S/C18H18N2/c1-13-8-10-15(11-9-13)17(19-2)16-7-3-5-14-6-4-12-20-18(14)16/h3-12,17,19H,1-2H3. The van der Waals surface area contributed by atoms with E-state index in [0.29, 0.717) is 0 Å². The molecule has 0 aliphatic heterocycles. The van der Waals surface area contributed by atoms with E-state index in [1.807, 2.05) is 19.3 Å². The molecule has 1 unspecified atom stereocenters. The SMILES string of the molecule is CNC(c1ccc(C)cc1)c1cccc2cccnc12. The Morgan fingerprint density at radius 3 is 2.45 bits per heavy atom. The molecule has 2 heteroatoms. The number of para-hydroxylation sites is 1. The summed E-state index contributed by atoms with van der Waals surface area (Å²) < 4.78 is 0. The van der Waals surface area contributed by atoms with Crippen molar-refractivity contribution >= 4 is 10.9 Å². The second kappa shape index (κ2) is 5.43. The molecule has 1 aromatic heterocycles. The van der Waals surface area contributed by atoms with Crippen LogP contribution in [-0.4, -0.2) is 12.0 Å². The number of aryl methyl sites for hydroxylation is 1. The van der Waals surface area contributed by atoms with Crippen LogP contribution in [0.5, 0.6) is 0 Å². The van der Waals surface area contributed by atoms with E-state index < -0.39 is 0 Å². The Morgan fingerprint density at radius 1 is 0.950 bits per heavy atom. The van der Waals surface area contributed by atoms with Gasteiger partial charge in [0.1, 0.15) is 0 Å². The first-order valence-corrected chi connectivity index (χ1v) is 6.87. The zero-order valence-electron chi connectivity index (χ0n) is 11.8. The molecule has 2 aromatic carbocycles. The third kappa shape index (κ3) is 2.30. The lowest BCUT2D eigenvalue weighted by molar-refractivity contribution is 0.695. The topological polar surface area (TPSA) is 24.9 Å². The summed E-state index contributed by atoms with van der Waals surface area (Å²) in [6.07, 6.45) is 1.85. The predicted molar refractivity (Wildman–Crippen MR) is 83.8 cm³/mol. The van der Waals surface area contributed by atoms with Gasteiger partial charge in [-0.05, 0) is 31.2 Å². The van der Waals surface area contributed by atoms with Crippen molar-refractivity contribution in [1.82, 2.24) is 10.3 Å². The highest BCUT2D eigenvalue weighted by Gasteiger charge is 2.15. The van der Waals surface area contributed by atoms with Crippen LogP contribution in [0.15, 0.2) is 60.8 Å². The first kappa shape index (κ1) is 12.8. The van der Waals surface area contributed by atoms with Crippen molar-refractivity contribution in [3.63, 3.8) is 0 Å². The monoisotopic (exact) mass is 262 g/mol. The summed E-state index contributed by atoms with van der Waals surface area (Å²) in [6, 6.07) is 19.3. The van der Waals surface area contributed by atoms with E-state index in [1.165, 1.54) is 22.1 Å². The van der Waals surface area contributed by atoms with E-state index in [1.54, 1.807) is 0 Å². The summed E-state index contributed by atoms with van der Waals surface area (Å²) >= 11 is 0. The van der Waals surface area contributed by atoms with Crippen LogP contribution < -0.4 is 5.32 Å². The maximum absolute atomic E-state index is 4.55. The van der Waals surface area contributed by atoms with Crippen molar-refractivity contribution in [1.29, 1.82) is 0 Å². The molecule has 0 spiro atoms. The van der Waals surface area contributed by atoms with Crippen molar-refractivity contribution < 1.29 is 0 Å². The van der Waals surface area contributed by atoms with Gasteiger partial charge in [-0.15, -0.1) is 0 Å². The third-order valence-electron chi connectivity index (χ3n) is 3.67. The van der Waals surface area contributed by atoms with Crippen molar-refractivity contribution in [2.24, 2.45) is 0 Å². The predicted octanol–water partition coefficient (Wildman–Crippen LogP) is 3.85. The van der Waals surface area contributed by atoms with E-state index in [9.17, 15) is 0 Å². The molecule has 0 saturated heterocycles. The van der Waals surface area contributed by atoms with Crippen LogP contribution in [-0.2, 0) is 0 Å². The number of pyridine rings is 1. The van der Waals surface area contributed by atoms with E-state index >= 15 is 0 Å². The molecule has 100 valence electrons. The van der Waals surface area contributed by atoms with Crippen molar-refractivity contribution in [2.75, 3.05) is 7.05 Å². The number of nitrogens with one attached hydrogen (secondary N) is 1. The summed E-state index contributed by atoms with van der Waals surface area (Å²) in [4.78, 5) is 4.55. The fraction of sp³-hybridized carbons (Fsp3) is 0.167. The van der Waals surface area contributed by atoms with Crippen LogP contribution >= 0.6 is 0 Å². The summed E-state index contributed by atoms with van der Waals surface area (Å²) in [5.74, 6) is 0. The van der Waals surface area contributed by atoms with Gasteiger partial charge in [0.05, 0.1) is 11.6 Å². The molecule has 0 aliphatic rings. The Hall–Kier alpha value is -2.19. The van der Waals surface area contributed by atoms with E-state index in [-0.39, 0.29) is 6.04 Å². The number of aromatic nitrogens is 1. The molecule has 1 atom stereocenters. The highest BCUT2D eigenvalue weighted by molar-refractivity contribution is 5.82. The molecule has 0 bridgehead atoms. The molecule has 0 fully saturated rings. The first-order valence-electron chi connectivity index (χ1n) is 6.87. The second-order valence-corrected chi connectivity index (χ2v) is 5.05. The molecule has 20 heavy (non-hydrogen) atoms. The number of fused-ring (bicyclic) bond motifs is 1. The molecular weight excluding hydrogens is 244 g/mol. The van der Waals surface area contributed by atoms with E-state index in [0.717, 1.165) is 5.52 Å². The van der Waals surface area contributed by atoms with Crippen LogP contribution in [0.4, 0.5) is 0 Å². The smallest absolute Gasteiger partial charge is 0.0753 e. The van der Waals surface area contributed by atoms with Crippen LogP contribution in [0.2, 0.25) is 0 Å². The molecule has 2 nitrogen and oxygen atoms in total. The minimum absolute atomic E-state index is 0.161. The number of benzene rings is 2. The Balaban J connectivity index is 2.14. The van der Waals surface area contributed by atoms with Gasteiger partial charge in [-0.1, -0.05) is 54.1 Å². The van der Waals surface area contributed by atoms with Gasteiger partial charge in [-0.25, -0.2) is 0 Å². The van der Waals surface area contributed by atoms with Gasteiger partial charge >= 0.3 is 0 Å². The Morgan fingerprint density at radius 2 is 1.70 bits per heavy atom. The summed E-state index contributed by atoms with van der Waals surface area (Å²) in [6.45, 7) is 2.11. The Bertz CT molecular complexity index is 712. The molecular formula is C18H18N2. The van der Waals surface area contributed by atoms with Crippen LogP contribution in [0, 0.1) is 6.92 Å². The maximum Gasteiger partial charge on any atom is 0.0753 e. The second-order valence-electron chi connectivity index (χ2n) is 5.05. The van der Waals surface area contributed by atoms with E-state index in [2.05, 4.69) is 65.8 Å². The van der Waals surface area contributed by atoms with Crippen LogP contribution in [0.3, 0.4) is 0 Å². The Kier molecular flexibility index (Phi) is 3.48. The zero-order chi connectivity index (χ0) is 13.9. The molecule has 3 aromatic rings. The molecule has 0 saturated carbocycles. The van der Waals surface area contributed by atoms with Crippen LogP contribution in [0.1, 0.15) is 22.7 Å². The lowest BCUT2D eigenvalue weighted by atomic mass is 9.96. The van der Waals surface area contributed by atoms with E-state index in [4.69, 9.17) is 0 Å². The third-order valence-corrected chi connectivity index (χ3v) is 3.67. The minimum Gasteiger partial charge on any atom is -0.309 e. The highest BCUT2D eigenvalue weighted by atomic mass is 14.9. The average molecular weight is 262 g/mol. The van der Waals surface area contributed by atoms with Gasteiger partial charge in [-0.2, -0.15) is 0 Å². The van der Waals surface area contributed by atoms with Gasteiger partial charge in [0, 0.05) is 11.6 Å². The molecule has 3 rings (SSSR count). The summed E-state index contributed by atoms with van der Waals surface area (Å²) in [5.41, 5.74) is 4.82. The van der Waals surface area contributed by atoms with Crippen LogP contribution in [0.25, 0.3) is 10.9 Å². The normalized spacial score (nSPS) is 12.5. The molecule has 1 N–H and O–H groups in total. The van der Waals surface area contributed by atoms with Gasteiger partial charge in [0.2, 0.25) is 0 Å². The fourth-order valence-electron chi connectivity index (χ4n) is 2.62. The highest BCUT2D eigenvalue weighted by Crippen LogP contribution is 2.27. The van der Waals surface area contributed by atoms with Gasteiger partial charge in [0.25, 0.3) is 0 Å². The average Bonchev–Trinajstić information content (AvgIpc) is 2.50. The molecule has 0 radical (unpaired) electrons. The molecule has 1 heterocycles. The molecule has 0 aliphatic carbocycles. The number of hydrogen-bond acceptors (Lipinski definition) is 2. The molecule has 0 amide bonds. The number of rotatable bonds is 3. The first-order chi connectivity index (χ1) is 9.79. The van der Waals surface area contributed by atoms with Gasteiger partial charge in [-0.3, -0.25) is 4.98 Å². The lowest BCUT2D eigenvalue weighted by Gasteiger charge is -2.19. The summed E-state index contributed by atoms with van der Waals surface area (Å²) in [7, 11) is 1.99. The summed E-state index contributed by atoms with van der Waals surface area (Å²) in [5, 5.41) is 4.58.